The summed E-state index contributed by atoms with van der Waals surface area (Å²) in [7, 11) is 2.06. The summed E-state index contributed by atoms with van der Waals surface area (Å²) in [6, 6.07) is 7.50. The predicted octanol–water partition coefficient (Wildman–Crippen LogP) is 0.668. The zero-order valence-corrected chi connectivity index (χ0v) is 13.1. The molecule has 2 N–H and O–H groups in total. The van der Waals surface area contributed by atoms with E-state index < -0.39 is 0 Å². The molecule has 1 aromatic carbocycles. The Morgan fingerprint density at radius 3 is 2.43 bits per heavy atom. The zero-order valence-electron chi connectivity index (χ0n) is 12.2. The molecule has 0 aliphatic carbocycles. The normalized spacial score (nSPS) is 15.8. The molecule has 1 heterocycles. The van der Waals surface area contributed by atoms with E-state index in [1.807, 2.05) is 29.2 Å². The van der Waals surface area contributed by atoms with Crippen LogP contribution in [0, 0.1) is 0 Å². The summed E-state index contributed by atoms with van der Waals surface area (Å²) >= 11 is 4.87. The van der Waals surface area contributed by atoms with Crippen LogP contribution >= 0.6 is 12.2 Å². The number of carbonyl (C=O) groups excluding carboxylic acids is 1. The van der Waals surface area contributed by atoms with E-state index in [1.54, 1.807) is 0 Å². The van der Waals surface area contributed by atoms with Crippen molar-refractivity contribution in [3.05, 3.63) is 29.8 Å². The highest BCUT2D eigenvalue weighted by molar-refractivity contribution is 7.80. The Labute approximate surface area is 130 Å². The third-order valence-electron chi connectivity index (χ3n) is 3.52. The van der Waals surface area contributed by atoms with E-state index in [2.05, 4.69) is 11.9 Å². The standard InChI is InChI=1S/C15H21N3O2S/c1-17-6-8-18(9-7-17)15(19)11-20-13-4-2-12(3-5-13)10-14(16)21/h2-5H,6-11H2,1H3,(H2,16,21). The van der Waals surface area contributed by atoms with Gasteiger partial charge in [-0.1, -0.05) is 24.4 Å². The highest BCUT2D eigenvalue weighted by Crippen LogP contribution is 2.13. The van der Waals surface area contributed by atoms with Gasteiger partial charge < -0.3 is 20.3 Å². The largest absolute Gasteiger partial charge is 0.484 e. The van der Waals surface area contributed by atoms with Gasteiger partial charge in [0, 0.05) is 32.6 Å². The first-order valence-electron chi connectivity index (χ1n) is 7.01. The molecule has 21 heavy (non-hydrogen) atoms. The van der Waals surface area contributed by atoms with Crippen LogP contribution in [0.15, 0.2) is 24.3 Å². The zero-order chi connectivity index (χ0) is 15.2. The van der Waals surface area contributed by atoms with Crippen molar-refractivity contribution in [1.29, 1.82) is 0 Å². The van der Waals surface area contributed by atoms with Crippen molar-refractivity contribution >= 4 is 23.1 Å². The number of rotatable bonds is 5. The van der Waals surface area contributed by atoms with Gasteiger partial charge in [0.1, 0.15) is 5.75 Å². The first-order chi connectivity index (χ1) is 10.0. The second kappa shape index (κ2) is 7.38. The lowest BCUT2D eigenvalue weighted by Crippen LogP contribution is -2.48. The van der Waals surface area contributed by atoms with Crippen molar-refractivity contribution in [3.8, 4) is 5.75 Å². The molecule has 0 radical (unpaired) electrons. The number of nitrogens with zero attached hydrogens (tertiary/aromatic N) is 2. The van der Waals surface area contributed by atoms with Gasteiger partial charge in [0.05, 0.1) is 4.99 Å². The van der Waals surface area contributed by atoms with Gasteiger partial charge in [0.2, 0.25) is 0 Å². The molecule has 5 nitrogen and oxygen atoms in total. The third-order valence-corrected chi connectivity index (χ3v) is 3.66. The summed E-state index contributed by atoms with van der Waals surface area (Å²) < 4.78 is 5.54. The lowest BCUT2D eigenvalue weighted by molar-refractivity contribution is -0.134. The molecule has 1 aliphatic rings. The number of benzene rings is 1. The van der Waals surface area contributed by atoms with Crippen LogP contribution in [0.2, 0.25) is 0 Å². The molecular weight excluding hydrogens is 286 g/mol. The first kappa shape index (κ1) is 15.7. The van der Waals surface area contributed by atoms with Crippen molar-refractivity contribution in [2.24, 2.45) is 5.73 Å². The smallest absolute Gasteiger partial charge is 0.260 e. The molecule has 2 rings (SSSR count). The quantitative estimate of drug-likeness (QED) is 0.810. The lowest BCUT2D eigenvalue weighted by Gasteiger charge is -2.32. The van der Waals surface area contributed by atoms with Crippen LogP contribution in [0.5, 0.6) is 5.75 Å². The Bertz CT molecular complexity index is 496. The number of ether oxygens (including phenoxy) is 1. The minimum atomic E-state index is 0.0373. The van der Waals surface area contributed by atoms with Crippen LogP contribution < -0.4 is 10.5 Å². The summed E-state index contributed by atoms with van der Waals surface area (Å²) in [6.45, 7) is 3.45. The maximum atomic E-state index is 12.0. The molecule has 6 heteroatoms. The van der Waals surface area contributed by atoms with Gasteiger partial charge in [-0.2, -0.15) is 0 Å². The van der Waals surface area contributed by atoms with Crippen molar-refractivity contribution in [2.75, 3.05) is 39.8 Å². The molecule has 0 aromatic heterocycles. The number of nitrogens with two attached hydrogens (primary N) is 1. The van der Waals surface area contributed by atoms with Crippen molar-refractivity contribution in [2.45, 2.75) is 6.42 Å². The number of thiocarbonyl (C=S) groups is 1. The number of piperazine rings is 1. The van der Waals surface area contributed by atoms with Crippen LogP contribution in [0.25, 0.3) is 0 Å². The van der Waals surface area contributed by atoms with Gasteiger partial charge in [-0.3, -0.25) is 4.79 Å². The van der Waals surface area contributed by atoms with E-state index in [0.29, 0.717) is 17.2 Å². The van der Waals surface area contributed by atoms with Crippen LogP contribution in [-0.4, -0.2) is 60.5 Å². The molecule has 1 saturated heterocycles. The van der Waals surface area contributed by atoms with Crippen LogP contribution in [0.3, 0.4) is 0 Å². The first-order valence-corrected chi connectivity index (χ1v) is 7.42. The monoisotopic (exact) mass is 307 g/mol. The summed E-state index contributed by atoms with van der Waals surface area (Å²) in [4.78, 5) is 16.6. The van der Waals surface area contributed by atoms with Gasteiger partial charge in [0.25, 0.3) is 5.91 Å². The average molecular weight is 307 g/mol. The highest BCUT2D eigenvalue weighted by Gasteiger charge is 2.19. The maximum Gasteiger partial charge on any atom is 0.260 e. The topological polar surface area (TPSA) is 58.8 Å². The van der Waals surface area contributed by atoms with Crippen molar-refractivity contribution in [3.63, 3.8) is 0 Å². The molecule has 0 spiro atoms. The molecule has 0 atom stereocenters. The summed E-state index contributed by atoms with van der Waals surface area (Å²) in [5.74, 6) is 0.722. The molecule has 1 fully saturated rings. The number of hydrogen-bond acceptors (Lipinski definition) is 4. The van der Waals surface area contributed by atoms with E-state index in [4.69, 9.17) is 22.7 Å². The van der Waals surface area contributed by atoms with E-state index in [9.17, 15) is 4.79 Å². The third kappa shape index (κ3) is 4.99. The Kier molecular flexibility index (Phi) is 5.52. The van der Waals surface area contributed by atoms with Crippen LogP contribution in [0.4, 0.5) is 0 Å². The fourth-order valence-electron chi connectivity index (χ4n) is 2.20. The van der Waals surface area contributed by atoms with E-state index in [-0.39, 0.29) is 12.5 Å². The molecule has 1 aromatic rings. The maximum absolute atomic E-state index is 12.0. The molecule has 1 aliphatic heterocycles. The highest BCUT2D eigenvalue weighted by atomic mass is 32.1. The van der Waals surface area contributed by atoms with Gasteiger partial charge in [-0.05, 0) is 24.7 Å². The lowest BCUT2D eigenvalue weighted by atomic mass is 10.1. The fraction of sp³-hybridized carbons (Fsp3) is 0.467. The number of likely N-dealkylation sites (N-methyl/N-ethyl adjacent to an activating group) is 1. The van der Waals surface area contributed by atoms with Gasteiger partial charge in [-0.15, -0.1) is 0 Å². The van der Waals surface area contributed by atoms with Crippen molar-refractivity contribution in [1.82, 2.24) is 9.80 Å². The second-order valence-electron chi connectivity index (χ2n) is 5.26. The Balaban J connectivity index is 1.79. The number of amides is 1. The molecular formula is C15H21N3O2S. The van der Waals surface area contributed by atoms with E-state index in [0.717, 1.165) is 31.7 Å². The van der Waals surface area contributed by atoms with E-state index in [1.165, 1.54) is 0 Å². The van der Waals surface area contributed by atoms with Crippen LogP contribution in [-0.2, 0) is 11.2 Å². The minimum absolute atomic E-state index is 0.0373. The van der Waals surface area contributed by atoms with E-state index >= 15 is 0 Å². The van der Waals surface area contributed by atoms with Gasteiger partial charge >= 0.3 is 0 Å². The summed E-state index contributed by atoms with van der Waals surface area (Å²) in [5, 5.41) is 0. The van der Waals surface area contributed by atoms with Crippen LogP contribution in [0.1, 0.15) is 5.56 Å². The Morgan fingerprint density at radius 1 is 1.24 bits per heavy atom. The molecule has 1 amide bonds. The minimum Gasteiger partial charge on any atom is -0.484 e. The summed E-state index contributed by atoms with van der Waals surface area (Å²) in [6.07, 6.45) is 0.579. The number of carbonyl (C=O) groups is 1. The number of hydrogen-bond donors (Lipinski definition) is 1. The SMILES string of the molecule is CN1CCN(C(=O)COc2ccc(CC(N)=S)cc2)CC1. The van der Waals surface area contributed by atoms with Crippen molar-refractivity contribution < 1.29 is 9.53 Å². The van der Waals surface area contributed by atoms with Gasteiger partial charge in [-0.25, -0.2) is 0 Å². The van der Waals surface area contributed by atoms with Gasteiger partial charge in [0.15, 0.2) is 6.61 Å². The second-order valence-corrected chi connectivity index (χ2v) is 5.78. The Hall–Kier alpha value is -1.66. The molecule has 0 bridgehead atoms. The molecule has 114 valence electrons. The summed E-state index contributed by atoms with van der Waals surface area (Å²) in [5.41, 5.74) is 6.54. The fourth-order valence-corrected chi connectivity index (χ4v) is 2.36. The average Bonchev–Trinajstić information content (AvgIpc) is 2.46. The molecule has 0 unspecified atom stereocenters. The predicted molar refractivity (Wildman–Crippen MR) is 86.5 cm³/mol. The Morgan fingerprint density at radius 2 is 1.86 bits per heavy atom. The molecule has 0 saturated carbocycles.